The molecule has 0 fully saturated rings. The third kappa shape index (κ3) is 4.87. The van der Waals surface area contributed by atoms with Gasteiger partial charge in [-0.1, -0.05) is 26.0 Å². The Morgan fingerprint density at radius 1 is 0.609 bits per heavy atom. The summed E-state index contributed by atoms with van der Waals surface area (Å²) in [4.78, 5) is 0. The fourth-order valence-corrected chi connectivity index (χ4v) is 2.61. The zero-order valence-electron chi connectivity index (χ0n) is 13.1. The van der Waals surface area contributed by atoms with E-state index in [2.05, 4.69) is 86.6 Å². The second-order valence-electron chi connectivity index (χ2n) is 5.21. The van der Waals surface area contributed by atoms with E-state index in [1.54, 1.807) is 0 Å². The third-order valence-electron chi connectivity index (χ3n) is 3.80. The maximum absolute atomic E-state index is 2.16. The molecule has 0 atom stereocenters. The second-order valence-corrected chi connectivity index (χ2v) is 5.21. The molecule has 0 unspecified atom stereocenters. The quantitative estimate of drug-likeness (QED) is 0.369. The molecule has 0 heterocycles. The first-order valence-electron chi connectivity index (χ1n) is 6.98. The molecule has 4 rings (SSSR count). The van der Waals surface area contributed by atoms with Crippen molar-refractivity contribution in [1.82, 2.24) is 0 Å². The van der Waals surface area contributed by atoms with Gasteiger partial charge in [-0.3, -0.25) is 0 Å². The topological polar surface area (TPSA) is 0 Å². The Bertz CT molecular complexity index is 771. The summed E-state index contributed by atoms with van der Waals surface area (Å²) >= 11 is 0. The Kier molecular flexibility index (Phi) is 9.29. The largest absolute Gasteiger partial charge is 4.00 e. The Hall–Kier alpha value is -1.23. The predicted molar refractivity (Wildman–Crippen MR) is 88.6 cm³/mol. The Morgan fingerprint density at radius 2 is 0.957 bits per heavy atom. The van der Waals surface area contributed by atoms with Crippen LogP contribution in [0, 0.1) is 13.8 Å². The van der Waals surface area contributed by atoms with Crippen molar-refractivity contribution in [3.8, 4) is 0 Å². The molecule has 0 aliphatic heterocycles. The van der Waals surface area contributed by atoms with E-state index < -0.39 is 0 Å². The minimum absolute atomic E-state index is 0. The fourth-order valence-electron chi connectivity index (χ4n) is 2.61. The number of hydrogen-bond donors (Lipinski definition) is 0. The molecule has 0 amide bonds. The maximum Gasteiger partial charge on any atom is 4.00 e. The second kappa shape index (κ2) is 9.81. The average molecular weight is 381 g/mol. The van der Waals surface area contributed by atoms with Crippen LogP contribution in [0.3, 0.4) is 0 Å². The summed E-state index contributed by atoms with van der Waals surface area (Å²) < 4.78 is 0. The van der Waals surface area contributed by atoms with Crippen molar-refractivity contribution in [3.05, 3.63) is 83.9 Å². The molecular formula is C20H18Cl2Cr. The number of halogens is 2. The van der Waals surface area contributed by atoms with Crippen LogP contribution in [0.2, 0.25) is 0 Å². The van der Waals surface area contributed by atoms with Gasteiger partial charge in [-0.25, -0.2) is 0 Å². The van der Waals surface area contributed by atoms with Crippen LogP contribution in [0.15, 0.2) is 72.8 Å². The average Bonchev–Trinajstić information content (AvgIpc) is 3.05. The zero-order chi connectivity index (χ0) is 13.9. The summed E-state index contributed by atoms with van der Waals surface area (Å²) in [5.41, 5.74) is 2.74. The molecule has 0 aliphatic carbocycles. The molecule has 4 aromatic carbocycles. The van der Waals surface area contributed by atoms with E-state index in [4.69, 9.17) is 0 Å². The van der Waals surface area contributed by atoms with Crippen molar-refractivity contribution in [1.29, 1.82) is 0 Å². The molecule has 0 N–H and O–H groups in total. The minimum atomic E-state index is 0. The van der Waals surface area contributed by atoms with Gasteiger partial charge in [0, 0.05) is 0 Å². The van der Waals surface area contributed by atoms with Crippen LogP contribution in [-0.4, -0.2) is 0 Å². The summed E-state index contributed by atoms with van der Waals surface area (Å²) in [7, 11) is 0. The van der Waals surface area contributed by atoms with Crippen molar-refractivity contribution < 1.29 is 42.2 Å². The predicted octanol–water partition coefficient (Wildman–Crippen LogP) is -0.260. The van der Waals surface area contributed by atoms with Gasteiger partial charge in [0.1, 0.15) is 0 Å². The summed E-state index contributed by atoms with van der Waals surface area (Å²) in [6.07, 6.45) is 0. The molecule has 0 saturated carbocycles. The van der Waals surface area contributed by atoms with Crippen molar-refractivity contribution in [2.45, 2.75) is 13.8 Å². The molecule has 0 aliphatic rings. The first-order chi connectivity index (χ1) is 9.75. The number of rotatable bonds is 0. The van der Waals surface area contributed by atoms with Crippen LogP contribution in [0.4, 0.5) is 0 Å². The summed E-state index contributed by atoms with van der Waals surface area (Å²) in [5, 5.41) is 5.45. The van der Waals surface area contributed by atoms with Crippen molar-refractivity contribution in [3.63, 3.8) is 0 Å². The molecule has 0 bridgehead atoms. The molecule has 3 heteroatoms. The minimum Gasteiger partial charge on any atom is -1.00 e. The molecule has 4 aromatic rings. The van der Waals surface area contributed by atoms with Crippen LogP contribution in [0.25, 0.3) is 21.5 Å². The van der Waals surface area contributed by atoms with Crippen LogP contribution in [-0.2, 0) is 17.4 Å². The van der Waals surface area contributed by atoms with Gasteiger partial charge >= 0.3 is 17.4 Å². The Balaban J connectivity index is 0.000000372. The van der Waals surface area contributed by atoms with Crippen molar-refractivity contribution >= 4 is 21.5 Å². The SMILES string of the molecule is Cc1c[cH-]c2ccccc12.Cc1c[cH-]c2ccccc12.[Cl-].[Cl-].[Cr+4]. The maximum atomic E-state index is 2.16. The molecule has 0 nitrogen and oxygen atoms in total. The van der Waals surface area contributed by atoms with Gasteiger partial charge in [-0.05, 0) is 0 Å². The number of aryl methyl sites for hydroxylation is 2. The smallest absolute Gasteiger partial charge is 1.00 e. The van der Waals surface area contributed by atoms with E-state index in [1.165, 1.54) is 32.7 Å². The van der Waals surface area contributed by atoms with E-state index >= 15 is 0 Å². The monoisotopic (exact) mass is 380 g/mol. The zero-order valence-corrected chi connectivity index (χ0v) is 15.9. The van der Waals surface area contributed by atoms with Gasteiger partial charge in [0.15, 0.2) is 0 Å². The van der Waals surface area contributed by atoms with Gasteiger partial charge < -0.3 is 24.8 Å². The van der Waals surface area contributed by atoms with Crippen LogP contribution >= 0.6 is 0 Å². The first kappa shape index (κ1) is 21.8. The van der Waals surface area contributed by atoms with Crippen LogP contribution in [0.1, 0.15) is 11.1 Å². The van der Waals surface area contributed by atoms with Gasteiger partial charge in [0.05, 0.1) is 0 Å². The van der Waals surface area contributed by atoms with E-state index in [0.29, 0.717) is 0 Å². The van der Waals surface area contributed by atoms with Crippen molar-refractivity contribution in [2.24, 2.45) is 0 Å². The van der Waals surface area contributed by atoms with Gasteiger partial charge in [0.2, 0.25) is 0 Å². The Morgan fingerprint density at radius 3 is 1.30 bits per heavy atom. The summed E-state index contributed by atoms with van der Waals surface area (Å²) in [5.74, 6) is 0. The van der Waals surface area contributed by atoms with Gasteiger partial charge in [-0.15, -0.1) is 70.1 Å². The van der Waals surface area contributed by atoms with Gasteiger partial charge in [-0.2, -0.15) is 23.3 Å². The van der Waals surface area contributed by atoms with Gasteiger partial charge in [0.25, 0.3) is 0 Å². The number of fused-ring (bicyclic) bond motifs is 2. The molecule has 23 heavy (non-hydrogen) atoms. The number of benzene rings is 2. The number of hydrogen-bond acceptors (Lipinski definition) is 0. The van der Waals surface area contributed by atoms with E-state index in [-0.39, 0.29) is 42.2 Å². The Labute approximate surface area is 161 Å². The molecule has 0 aromatic heterocycles. The van der Waals surface area contributed by atoms with Crippen LogP contribution < -0.4 is 24.8 Å². The normalized spacial score (nSPS) is 9.13. The van der Waals surface area contributed by atoms with E-state index in [1.807, 2.05) is 0 Å². The van der Waals surface area contributed by atoms with Crippen molar-refractivity contribution in [2.75, 3.05) is 0 Å². The van der Waals surface area contributed by atoms with E-state index in [9.17, 15) is 0 Å². The van der Waals surface area contributed by atoms with E-state index in [0.717, 1.165) is 0 Å². The third-order valence-corrected chi connectivity index (χ3v) is 3.80. The first-order valence-corrected chi connectivity index (χ1v) is 6.98. The molecule has 118 valence electrons. The molecule has 0 spiro atoms. The molecule has 0 saturated heterocycles. The standard InChI is InChI=1S/2C10H9.2ClH.Cr/c2*1-8-6-7-9-4-2-3-5-10(8)9;;;/h2*2-7H,1H3;2*1H;/q2*-1;;;+4/p-2. The molecular weight excluding hydrogens is 363 g/mol. The fraction of sp³-hybridized carbons (Fsp3) is 0.100. The summed E-state index contributed by atoms with van der Waals surface area (Å²) in [6.45, 7) is 4.28. The molecule has 0 radical (unpaired) electrons. The van der Waals surface area contributed by atoms with Crippen LogP contribution in [0.5, 0.6) is 0 Å². The summed E-state index contributed by atoms with van der Waals surface area (Å²) in [6, 6.07) is 25.5.